The molecule has 0 aliphatic carbocycles. The zero-order chi connectivity index (χ0) is 33.1. The van der Waals surface area contributed by atoms with E-state index < -0.39 is 36.6 Å². The van der Waals surface area contributed by atoms with Crippen LogP contribution in [0.4, 0.5) is 0 Å². The molecule has 45 heavy (non-hydrogen) atoms. The Kier molecular flexibility index (Phi) is 24.9. The second-order valence-electron chi connectivity index (χ2n) is 13.3. The van der Waals surface area contributed by atoms with Gasteiger partial charge in [-0.3, -0.25) is 9.59 Å². The summed E-state index contributed by atoms with van der Waals surface area (Å²) < 4.78 is 20.9. The number of carbonyl (C=O) groups excluding carboxylic acids is 2. The maximum absolute atomic E-state index is 12.3. The quantitative estimate of drug-likeness (QED) is 0.0452. The van der Waals surface area contributed by atoms with Gasteiger partial charge in [0.15, 0.2) is 6.10 Å². The van der Waals surface area contributed by atoms with Crippen LogP contribution >= 0.6 is 0 Å². The van der Waals surface area contributed by atoms with Gasteiger partial charge in [-0.1, -0.05) is 168 Å². The van der Waals surface area contributed by atoms with E-state index in [9.17, 15) is 19.8 Å². The van der Waals surface area contributed by atoms with E-state index in [4.69, 9.17) is 18.9 Å². The van der Waals surface area contributed by atoms with Crippen molar-refractivity contribution in [3.63, 3.8) is 0 Å². The van der Waals surface area contributed by atoms with Crippen LogP contribution in [0.5, 0.6) is 0 Å². The molecule has 0 spiro atoms. The normalized spacial score (nSPS) is 21.6. The standard InChI is InChI=1S/C37H70O8/c1-4-6-8-10-12-14-16-18-20-22-24-26-28-30-34(38)44-36(40)32-42-37(41,33(3)43-36)45-35(39)31-29-27-25-23-21-19-17-15-13-11-9-7-5-2/h33,40-41H,4-32H2,1-3H3. The van der Waals surface area contributed by atoms with Gasteiger partial charge in [0.1, 0.15) is 6.61 Å². The number of rotatable bonds is 30. The molecule has 3 unspecified atom stereocenters. The van der Waals surface area contributed by atoms with Gasteiger partial charge < -0.3 is 29.2 Å². The van der Waals surface area contributed by atoms with Crippen molar-refractivity contribution in [3.8, 4) is 0 Å². The summed E-state index contributed by atoms with van der Waals surface area (Å²) in [7, 11) is 0. The maximum atomic E-state index is 12.3. The molecule has 266 valence electrons. The molecule has 0 aromatic heterocycles. The number of unbranched alkanes of at least 4 members (excludes halogenated alkanes) is 24. The summed E-state index contributed by atoms with van der Waals surface area (Å²) >= 11 is 0. The lowest BCUT2D eigenvalue weighted by Crippen LogP contribution is -2.61. The van der Waals surface area contributed by atoms with Crippen molar-refractivity contribution in [2.75, 3.05) is 6.61 Å². The second kappa shape index (κ2) is 26.8. The van der Waals surface area contributed by atoms with Gasteiger partial charge in [-0.15, -0.1) is 0 Å². The van der Waals surface area contributed by atoms with E-state index in [1.54, 1.807) is 0 Å². The lowest BCUT2D eigenvalue weighted by atomic mass is 10.0. The van der Waals surface area contributed by atoms with E-state index in [-0.39, 0.29) is 12.8 Å². The van der Waals surface area contributed by atoms with Crippen LogP contribution in [0.15, 0.2) is 0 Å². The first-order valence-corrected chi connectivity index (χ1v) is 18.9. The Morgan fingerprint density at radius 3 is 1.20 bits per heavy atom. The van der Waals surface area contributed by atoms with Crippen LogP contribution in [0.2, 0.25) is 0 Å². The summed E-state index contributed by atoms with van der Waals surface area (Å²) in [4.78, 5) is 24.6. The Bertz CT molecular complexity index is 731. The fraction of sp³-hybridized carbons (Fsp3) is 0.946. The van der Waals surface area contributed by atoms with Crippen molar-refractivity contribution in [2.24, 2.45) is 0 Å². The average Bonchev–Trinajstić information content (AvgIpc) is 3.00. The highest BCUT2D eigenvalue weighted by atomic mass is 16.9. The summed E-state index contributed by atoms with van der Waals surface area (Å²) in [6.07, 6.45) is 30.5. The SMILES string of the molecule is CCCCCCCCCCCCCCCC(=O)OC1(O)COC(O)(OC(=O)CCCCCCCCCCCCCCC)C(C)O1. The molecule has 8 nitrogen and oxygen atoms in total. The number of hydrogen-bond donors (Lipinski definition) is 2. The largest absolute Gasteiger partial charge is 0.406 e. The van der Waals surface area contributed by atoms with Gasteiger partial charge in [0.05, 0.1) is 0 Å². The highest BCUT2D eigenvalue weighted by molar-refractivity contribution is 5.70. The molecule has 1 aliphatic rings. The van der Waals surface area contributed by atoms with Gasteiger partial charge in [0.25, 0.3) is 0 Å². The van der Waals surface area contributed by atoms with Crippen LogP contribution in [0, 0.1) is 0 Å². The van der Waals surface area contributed by atoms with Crippen LogP contribution < -0.4 is 0 Å². The zero-order valence-electron chi connectivity index (χ0n) is 29.4. The zero-order valence-corrected chi connectivity index (χ0v) is 29.4. The van der Waals surface area contributed by atoms with Gasteiger partial charge in [-0.25, -0.2) is 0 Å². The van der Waals surface area contributed by atoms with Gasteiger partial charge in [0.2, 0.25) is 0 Å². The second-order valence-corrected chi connectivity index (χ2v) is 13.3. The smallest absolute Gasteiger partial charge is 0.354 e. The first kappa shape index (κ1) is 41.8. The van der Waals surface area contributed by atoms with Crippen molar-refractivity contribution < 1.29 is 38.7 Å². The molecule has 2 N–H and O–H groups in total. The molecule has 1 saturated heterocycles. The number of hydrogen-bond acceptors (Lipinski definition) is 8. The molecule has 0 radical (unpaired) electrons. The molecule has 1 aliphatic heterocycles. The van der Waals surface area contributed by atoms with Crippen molar-refractivity contribution in [3.05, 3.63) is 0 Å². The van der Waals surface area contributed by atoms with Crippen molar-refractivity contribution >= 4 is 11.9 Å². The summed E-state index contributed by atoms with van der Waals surface area (Å²) in [5.41, 5.74) is 0. The third-order valence-corrected chi connectivity index (χ3v) is 8.84. The van der Waals surface area contributed by atoms with E-state index in [1.807, 2.05) is 0 Å². The summed E-state index contributed by atoms with van der Waals surface area (Å²) in [5.74, 6) is -5.87. The van der Waals surface area contributed by atoms with Crippen LogP contribution in [-0.4, -0.2) is 46.8 Å². The average molecular weight is 643 g/mol. The van der Waals surface area contributed by atoms with E-state index in [1.165, 1.54) is 135 Å². The predicted octanol–water partition coefficient (Wildman–Crippen LogP) is 9.76. The van der Waals surface area contributed by atoms with Crippen LogP contribution in [-0.2, 0) is 28.5 Å². The monoisotopic (exact) mass is 643 g/mol. The molecule has 0 amide bonds. The molecule has 3 atom stereocenters. The maximum Gasteiger partial charge on any atom is 0.354 e. The molecule has 0 saturated carbocycles. The van der Waals surface area contributed by atoms with E-state index in [0.717, 1.165) is 25.7 Å². The molecular formula is C37H70O8. The van der Waals surface area contributed by atoms with Crippen molar-refractivity contribution in [2.45, 2.75) is 219 Å². The van der Waals surface area contributed by atoms with Crippen LogP contribution in [0.1, 0.15) is 201 Å². The highest BCUT2D eigenvalue weighted by Gasteiger charge is 2.53. The summed E-state index contributed by atoms with van der Waals surface area (Å²) in [6.45, 7) is 5.22. The summed E-state index contributed by atoms with van der Waals surface area (Å²) in [6, 6.07) is 0. The number of carbonyl (C=O) groups is 2. The third-order valence-electron chi connectivity index (χ3n) is 8.84. The number of esters is 2. The van der Waals surface area contributed by atoms with E-state index in [2.05, 4.69) is 13.8 Å². The Hall–Kier alpha value is -1.22. The fourth-order valence-electron chi connectivity index (χ4n) is 5.88. The minimum absolute atomic E-state index is 0.161. The molecule has 1 fully saturated rings. The van der Waals surface area contributed by atoms with Crippen LogP contribution in [0.25, 0.3) is 0 Å². The van der Waals surface area contributed by atoms with Crippen LogP contribution in [0.3, 0.4) is 0 Å². The third kappa shape index (κ3) is 22.1. The van der Waals surface area contributed by atoms with Gasteiger partial charge >= 0.3 is 23.9 Å². The first-order valence-electron chi connectivity index (χ1n) is 18.9. The lowest BCUT2D eigenvalue weighted by molar-refractivity contribution is -0.497. The van der Waals surface area contributed by atoms with Gasteiger partial charge in [-0.05, 0) is 19.8 Å². The number of aliphatic hydroxyl groups is 2. The Morgan fingerprint density at radius 1 is 0.556 bits per heavy atom. The van der Waals surface area contributed by atoms with Crippen molar-refractivity contribution in [1.29, 1.82) is 0 Å². The molecule has 1 heterocycles. The Labute approximate surface area is 275 Å². The topological polar surface area (TPSA) is 112 Å². The molecular weight excluding hydrogens is 572 g/mol. The van der Waals surface area contributed by atoms with Crippen molar-refractivity contribution in [1.82, 2.24) is 0 Å². The van der Waals surface area contributed by atoms with E-state index >= 15 is 0 Å². The number of ether oxygens (including phenoxy) is 4. The minimum atomic E-state index is -2.35. The summed E-state index contributed by atoms with van der Waals surface area (Å²) in [5, 5.41) is 21.3. The molecule has 0 bridgehead atoms. The first-order chi connectivity index (χ1) is 21.7. The minimum Gasteiger partial charge on any atom is -0.406 e. The molecule has 1 rings (SSSR count). The Balaban J connectivity index is 2.08. The molecule has 8 heteroatoms. The van der Waals surface area contributed by atoms with Gasteiger partial charge in [0, 0.05) is 12.8 Å². The molecule has 0 aromatic carbocycles. The van der Waals surface area contributed by atoms with Gasteiger partial charge in [-0.2, -0.15) is 0 Å². The molecule has 0 aromatic rings. The highest BCUT2D eigenvalue weighted by Crippen LogP contribution is 2.31. The predicted molar refractivity (Wildman–Crippen MR) is 179 cm³/mol. The fourth-order valence-corrected chi connectivity index (χ4v) is 5.88. The Morgan fingerprint density at radius 2 is 0.867 bits per heavy atom. The van der Waals surface area contributed by atoms with E-state index in [0.29, 0.717) is 12.8 Å². The lowest BCUT2D eigenvalue weighted by Gasteiger charge is -2.42.